The molecule has 0 aliphatic carbocycles. The van der Waals surface area contributed by atoms with Crippen LogP contribution in [0.4, 0.5) is 17.6 Å². The first-order valence-corrected chi connectivity index (χ1v) is 7.92. The van der Waals surface area contributed by atoms with Crippen molar-refractivity contribution in [3.05, 3.63) is 23.5 Å². The van der Waals surface area contributed by atoms with Crippen LogP contribution in [0.5, 0.6) is 0 Å². The molecule has 0 amide bonds. The standard InChI is InChI=1S/C14H17BF4O2S/c1-12(2)13(3,4)21-15(20-12)9-7-6-8(14(17,18)19)11(22-5)10(9)16/h6-7H,1-5H3. The molecule has 2 nitrogen and oxygen atoms in total. The first-order valence-electron chi connectivity index (χ1n) is 6.70. The average Bonchev–Trinajstić information content (AvgIpc) is 2.56. The Morgan fingerprint density at radius 1 is 1.05 bits per heavy atom. The van der Waals surface area contributed by atoms with Gasteiger partial charge >= 0.3 is 13.3 Å². The second kappa shape index (κ2) is 5.42. The third-order valence-electron chi connectivity index (χ3n) is 4.14. The van der Waals surface area contributed by atoms with Crippen molar-refractivity contribution in [3.8, 4) is 0 Å². The molecular formula is C14H17BF4O2S. The number of hydrogen-bond donors (Lipinski definition) is 0. The predicted octanol–water partition coefficient (Wildman–Crippen LogP) is 3.87. The Bertz CT molecular complexity index is 571. The van der Waals surface area contributed by atoms with E-state index in [4.69, 9.17) is 9.31 Å². The third kappa shape index (κ3) is 2.88. The summed E-state index contributed by atoms with van der Waals surface area (Å²) in [6.45, 7) is 7.18. The smallest absolute Gasteiger partial charge is 0.399 e. The summed E-state index contributed by atoms with van der Waals surface area (Å²) in [5, 5.41) is 0. The maximum Gasteiger partial charge on any atom is 0.497 e. The van der Waals surface area contributed by atoms with Crippen LogP contribution in [0.15, 0.2) is 17.0 Å². The number of thioether (sulfide) groups is 1. The zero-order valence-electron chi connectivity index (χ0n) is 13.0. The van der Waals surface area contributed by atoms with Gasteiger partial charge in [-0.15, -0.1) is 11.8 Å². The Kier molecular flexibility index (Phi) is 4.34. The largest absolute Gasteiger partial charge is 0.497 e. The Hall–Kier alpha value is -0.725. The minimum atomic E-state index is -4.60. The van der Waals surface area contributed by atoms with E-state index in [0.29, 0.717) is 11.8 Å². The molecule has 1 aliphatic rings. The first kappa shape index (κ1) is 17.6. The Balaban J connectivity index is 2.47. The van der Waals surface area contributed by atoms with Crippen molar-refractivity contribution in [1.29, 1.82) is 0 Å². The van der Waals surface area contributed by atoms with Crippen molar-refractivity contribution in [2.75, 3.05) is 6.26 Å². The predicted molar refractivity (Wildman–Crippen MR) is 78.9 cm³/mol. The summed E-state index contributed by atoms with van der Waals surface area (Å²) in [6.07, 6.45) is -3.20. The summed E-state index contributed by atoms with van der Waals surface area (Å²) in [4.78, 5) is -0.445. The molecule has 0 atom stereocenters. The van der Waals surface area contributed by atoms with Crippen LogP contribution in [-0.2, 0) is 15.5 Å². The van der Waals surface area contributed by atoms with Crippen LogP contribution < -0.4 is 5.46 Å². The molecule has 1 heterocycles. The number of halogens is 4. The lowest BCUT2D eigenvalue weighted by atomic mass is 9.78. The van der Waals surface area contributed by atoms with Gasteiger partial charge in [-0.25, -0.2) is 4.39 Å². The lowest BCUT2D eigenvalue weighted by Gasteiger charge is -2.32. The van der Waals surface area contributed by atoms with E-state index < -0.39 is 40.8 Å². The topological polar surface area (TPSA) is 18.5 Å². The van der Waals surface area contributed by atoms with Gasteiger partial charge in [0.05, 0.1) is 21.7 Å². The molecule has 0 bridgehead atoms. The van der Waals surface area contributed by atoms with Gasteiger partial charge in [0.2, 0.25) is 0 Å². The molecule has 0 aromatic heterocycles. The molecule has 0 saturated carbocycles. The summed E-state index contributed by atoms with van der Waals surface area (Å²) in [6, 6.07) is 1.95. The van der Waals surface area contributed by atoms with Gasteiger partial charge in [0.1, 0.15) is 5.82 Å². The van der Waals surface area contributed by atoms with Crippen LogP contribution in [0.25, 0.3) is 0 Å². The lowest BCUT2D eigenvalue weighted by molar-refractivity contribution is -0.140. The second-order valence-corrected chi connectivity index (χ2v) is 6.95. The van der Waals surface area contributed by atoms with Crippen LogP contribution >= 0.6 is 11.8 Å². The molecular weight excluding hydrogens is 319 g/mol. The Labute approximate surface area is 131 Å². The van der Waals surface area contributed by atoms with Crippen molar-refractivity contribution in [2.45, 2.75) is 50.0 Å². The molecule has 2 rings (SSSR count). The van der Waals surface area contributed by atoms with Crippen LogP contribution in [0.3, 0.4) is 0 Å². The summed E-state index contributed by atoms with van der Waals surface area (Å²) in [5.74, 6) is -0.944. The summed E-state index contributed by atoms with van der Waals surface area (Å²) < 4.78 is 64.7. The van der Waals surface area contributed by atoms with Gasteiger partial charge in [-0.3, -0.25) is 0 Å². The first-order chi connectivity index (χ1) is 9.90. The summed E-state index contributed by atoms with van der Waals surface area (Å²) in [7, 11) is -1.03. The molecule has 1 aliphatic heterocycles. The van der Waals surface area contributed by atoms with E-state index in [9.17, 15) is 17.6 Å². The number of alkyl halides is 3. The summed E-state index contributed by atoms with van der Waals surface area (Å²) in [5.41, 5.74) is -2.38. The molecule has 0 spiro atoms. The second-order valence-electron chi connectivity index (χ2n) is 6.14. The van der Waals surface area contributed by atoms with E-state index in [-0.39, 0.29) is 5.46 Å². The van der Waals surface area contributed by atoms with E-state index in [2.05, 4.69) is 0 Å². The van der Waals surface area contributed by atoms with Crippen LogP contribution in [0, 0.1) is 5.82 Å². The molecule has 0 unspecified atom stereocenters. The molecule has 1 saturated heterocycles. The van der Waals surface area contributed by atoms with Crippen molar-refractivity contribution < 1.29 is 26.9 Å². The molecule has 122 valence electrons. The molecule has 8 heteroatoms. The quantitative estimate of drug-likeness (QED) is 0.464. The maximum absolute atomic E-state index is 14.5. The maximum atomic E-state index is 14.5. The van der Waals surface area contributed by atoms with Gasteiger partial charge in [0, 0.05) is 5.46 Å². The van der Waals surface area contributed by atoms with Crippen molar-refractivity contribution in [3.63, 3.8) is 0 Å². The van der Waals surface area contributed by atoms with E-state index >= 15 is 0 Å². The zero-order chi connectivity index (χ0) is 16.9. The fraction of sp³-hybridized carbons (Fsp3) is 0.571. The van der Waals surface area contributed by atoms with Crippen LogP contribution in [0.2, 0.25) is 0 Å². The van der Waals surface area contributed by atoms with Crippen molar-refractivity contribution in [2.24, 2.45) is 0 Å². The Morgan fingerprint density at radius 2 is 1.55 bits per heavy atom. The molecule has 0 radical (unpaired) electrons. The van der Waals surface area contributed by atoms with Gasteiger partial charge < -0.3 is 9.31 Å². The summed E-state index contributed by atoms with van der Waals surface area (Å²) >= 11 is 0.716. The fourth-order valence-corrected chi connectivity index (χ4v) is 2.85. The minimum Gasteiger partial charge on any atom is -0.399 e. The van der Waals surface area contributed by atoms with E-state index in [1.54, 1.807) is 27.7 Å². The highest BCUT2D eigenvalue weighted by molar-refractivity contribution is 7.98. The molecule has 1 aromatic carbocycles. The van der Waals surface area contributed by atoms with Gasteiger partial charge in [-0.2, -0.15) is 13.2 Å². The van der Waals surface area contributed by atoms with E-state index in [1.807, 2.05) is 0 Å². The molecule has 0 N–H and O–H groups in total. The van der Waals surface area contributed by atoms with Gasteiger partial charge in [-0.1, -0.05) is 6.07 Å². The normalized spacial score (nSPS) is 20.5. The van der Waals surface area contributed by atoms with Gasteiger partial charge in [0.15, 0.2) is 0 Å². The molecule has 1 fully saturated rings. The third-order valence-corrected chi connectivity index (χ3v) is 4.95. The number of rotatable bonds is 2. The highest BCUT2D eigenvalue weighted by Crippen LogP contribution is 2.39. The van der Waals surface area contributed by atoms with Gasteiger partial charge in [-0.05, 0) is 40.0 Å². The highest BCUT2D eigenvalue weighted by atomic mass is 32.2. The van der Waals surface area contributed by atoms with Crippen molar-refractivity contribution in [1.82, 2.24) is 0 Å². The zero-order valence-corrected chi connectivity index (χ0v) is 13.8. The average molecular weight is 336 g/mol. The van der Waals surface area contributed by atoms with Crippen LogP contribution in [-0.4, -0.2) is 24.6 Å². The van der Waals surface area contributed by atoms with E-state index in [0.717, 1.165) is 12.1 Å². The van der Waals surface area contributed by atoms with Crippen molar-refractivity contribution >= 4 is 24.3 Å². The molecule has 22 heavy (non-hydrogen) atoms. The lowest BCUT2D eigenvalue weighted by Crippen LogP contribution is -2.41. The molecule has 1 aromatic rings. The number of hydrogen-bond acceptors (Lipinski definition) is 3. The SMILES string of the molecule is CSc1c(C(F)(F)F)ccc(B2OC(C)(C)C(C)(C)O2)c1F. The monoisotopic (exact) mass is 336 g/mol. The minimum absolute atomic E-state index is 0.0176. The van der Waals surface area contributed by atoms with E-state index in [1.165, 1.54) is 6.26 Å². The van der Waals surface area contributed by atoms with Crippen LogP contribution in [0.1, 0.15) is 33.3 Å². The number of benzene rings is 1. The fourth-order valence-electron chi connectivity index (χ4n) is 2.15. The van der Waals surface area contributed by atoms with Gasteiger partial charge in [0.25, 0.3) is 0 Å². The highest BCUT2D eigenvalue weighted by Gasteiger charge is 2.53. The Morgan fingerprint density at radius 3 is 1.95 bits per heavy atom.